The molecule has 3 N–H and O–H groups in total. The van der Waals surface area contributed by atoms with Gasteiger partial charge in [-0.05, 0) is 67.5 Å². The first-order valence-electron chi connectivity index (χ1n) is 9.00. The van der Waals surface area contributed by atoms with Crippen LogP contribution in [-0.4, -0.2) is 21.8 Å². The molecule has 0 fully saturated rings. The Balaban J connectivity index is 1.68. The van der Waals surface area contributed by atoms with Gasteiger partial charge in [0.15, 0.2) is 5.17 Å². The topological polar surface area (TPSA) is 80.4 Å². The van der Waals surface area contributed by atoms with Gasteiger partial charge in [-0.1, -0.05) is 17.8 Å². The first-order valence-corrected chi connectivity index (χ1v) is 9.99. The number of aryl methyl sites for hydroxylation is 1. The Kier molecular flexibility index (Phi) is 4.63. The normalized spacial score (nSPS) is 24.2. The fourth-order valence-electron chi connectivity index (χ4n) is 3.93. The van der Waals surface area contributed by atoms with Crippen molar-refractivity contribution in [3.05, 3.63) is 59.2 Å². The summed E-state index contributed by atoms with van der Waals surface area (Å²) in [5, 5.41) is 3.48. The maximum absolute atomic E-state index is 13.0. The van der Waals surface area contributed by atoms with Gasteiger partial charge in [0.05, 0.1) is 11.7 Å². The molecular weight excluding hydrogens is 363 g/mol. The summed E-state index contributed by atoms with van der Waals surface area (Å²) in [5.74, 6) is 0.538. The molecule has 0 saturated heterocycles. The number of fused-ring (bicyclic) bond motifs is 3. The highest BCUT2D eigenvalue weighted by Crippen LogP contribution is 2.46. The van der Waals surface area contributed by atoms with Crippen LogP contribution in [0.2, 0.25) is 0 Å². The molecule has 2 aromatic rings. The van der Waals surface area contributed by atoms with Gasteiger partial charge in [-0.2, -0.15) is 0 Å². The van der Waals surface area contributed by atoms with Crippen molar-refractivity contribution in [3.63, 3.8) is 0 Å². The molecule has 140 valence electrons. The minimum Gasteiger partial charge on any atom is -0.379 e. The van der Waals surface area contributed by atoms with Crippen molar-refractivity contribution in [2.24, 2.45) is 16.6 Å². The fraction of sp³-hybridized carbons (Fsp3) is 0.350. The number of anilines is 1. The summed E-state index contributed by atoms with van der Waals surface area (Å²) in [5.41, 5.74) is 8.89. The van der Waals surface area contributed by atoms with E-state index in [2.05, 4.69) is 23.3 Å². The van der Waals surface area contributed by atoms with Crippen molar-refractivity contribution in [1.82, 2.24) is 4.98 Å². The molecule has 0 unspecified atom stereocenters. The minimum atomic E-state index is -0.471. The molecule has 0 bridgehead atoms. The van der Waals surface area contributed by atoms with Gasteiger partial charge in [0.1, 0.15) is 11.5 Å². The lowest BCUT2D eigenvalue weighted by atomic mass is 9.79. The Morgan fingerprint density at radius 3 is 3.00 bits per heavy atom. The predicted molar refractivity (Wildman–Crippen MR) is 106 cm³/mol. The summed E-state index contributed by atoms with van der Waals surface area (Å²) >= 11 is 1.62. The minimum absolute atomic E-state index is 0.173. The lowest BCUT2D eigenvalue weighted by Gasteiger charge is -2.37. The van der Waals surface area contributed by atoms with Gasteiger partial charge in [0.2, 0.25) is 0 Å². The van der Waals surface area contributed by atoms with Crippen molar-refractivity contribution in [1.29, 1.82) is 0 Å². The van der Waals surface area contributed by atoms with Gasteiger partial charge >= 0.3 is 0 Å². The molecule has 0 saturated carbocycles. The number of rotatable bonds is 2. The van der Waals surface area contributed by atoms with Gasteiger partial charge in [-0.25, -0.2) is 9.37 Å². The number of hydrogen-bond donors (Lipinski definition) is 2. The molecule has 2 heterocycles. The first-order chi connectivity index (χ1) is 13.0. The van der Waals surface area contributed by atoms with E-state index in [1.165, 1.54) is 17.7 Å². The van der Waals surface area contributed by atoms with Crippen LogP contribution in [-0.2, 0) is 12.0 Å². The third-order valence-electron chi connectivity index (χ3n) is 5.44. The van der Waals surface area contributed by atoms with Crippen LogP contribution in [0.1, 0.15) is 41.4 Å². The number of amidine groups is 1. The van der Waals surface area contributed by atoms with E-state index in [0.717, 1.165) is 36.8 Å². The number of nitrogens with zero attached hydrogens (tertiary/aromatic N) is 2. The SMILES string of the molecule is C[C@@]12N=C(N)SC[C@@H]1CCCc1ccc(NC(=O)c3ccc(F)cn3)cc12. The number of hydrogen-bond acceptors (Lipinski definition) is 5. The molecule has 1 aromatic carbocycles. The van der Waals surface area contributed by atoms with E-state index in [4.69, 9.17) is 10.7 Å². The fourth-order valence-corrected chi connectivity index (χ4v) is 5.05. The molecule has 4 rings (SSSR count). The molecule has 1 amide bonds. The molecule has 27 heavy (non-hydrogen) atoms. The zero-order chi connectivity index (χ0) is 19.0. The van der Waals surface area contributed by atoms with Gasteiger partial charge in [0, 0.05) is 11.4 Å². The van der Waals surface area contributed by atoms with Gasteiger partial charge in [0.25, 0.3) is 5.91 Å². The lowest BCUT2D eigenvalue weighted by Crippen LogP contribution is -2.37. The number of pyridine rings is 1. The van der Waals surface area contributed by atoms with Crippen LogP contribution in [0.5, 0.6) is 0 Å². The second-order valence-corrected chi connectivity index (χ2v) is 8.23. The van der Waals surface area contributed by atoms with Crippen LogP contribution in [0.15, 0.2) is 41.5 Å². The van der Waals surface area contributed by atoms with Crippen LogP contribution in [0, 0.1) is 11.7 Å². The van der Waals surface area contributed by atoms with Crippen LogP contribution < -0.4 is 11.1 Å². The molecule has 5 nitrogen and oxygen atoms in total. The maximum atomic E-state index is 13.0. The standard InChI is InChI=1S/C20H21FN4OS/c1-20-13(11-27-19(22)25-20)4-2-3-12-5-7-15(9-16(12)20)24-18(26)17-8-6-14(21)10-23-17/h5-10,13H,2-4,11H2,1H3,(H2,22,25)(H,24,26)/t13-,20+/m0/s1. The van der Waals surface area contributed by atoms with Crippen molar-refractivity contribution in [3.8, 4) is 0 Å². The number of amides is 1. The average molecular weight is 384 g/mol. The lowest BCUT2D eigenvalue weighted by molar-refractivity contribution is 0.102. The third-order valence-corrected chi connectivity index (χ3v) is 6.40. The smallest absolute Gasteiger partial charge is 0.274 e. The molecule has 0 radical (unpaired) electrons. The number of nitrogens with one attached hydrogen (secondary N) is 1. The first kappa shape index (κ1) is 18.0. The Bertz CT molecular complexity index is 915. The van der Waals surface area contributed by atoms with E-state index in [0.29, 0.717) is 16.8 Å². The Labute approximate surface area is 161 Å². The summed E-state index contributed by atoms with van der Waals surface area (Å²) in [7, 11) is 0. The summed E-state index contributed by atoms with van der Waals surface area (Å²) in [6.07, 6.45) is 4.26. The van der Waals surface area contributed by atoms with E-state index in [9.17, 15) is 9.18 Å². The van der Waals surface area contributed by atoms with Crippen molar-refractivity contribution in [2.45, 2.75) is 31.7 Å². The summed E-state index contributed by atoms with van der Waals surface area (Å²) in [6, 6.07) is 8.55. The summed E-state index contributed by atoms with van der Waals surface area (Å²) in [4.78, 5) is 21.1. The molecule has 1 aliphatic carbocycles. The largest absolute Gasteiger partial charge is 0.379 e. The Morgan fingerprint density at radius 1 is 1.37 bits per heavy atom. The number of nitrogens with two attached hydrogens (primary N) is 1. The second-order valence-electron chi connectivity index (χ2n) is 7.19. The summed E-state index contributed by atoms with van der Waals surface area (Å²) < 4.78 is 13.0. The Hall–Kier alpha value is -2.41. The number of halogens is 1. The van der Waals surface area contributed by atoms with E-state index < -0.39 is 5.82 Å². The van der Waals surface area contributed by atoms with E-state index in [1.807, 2.05) is 12.1 Å². The van der Waals surface area contributed by atoms with Gasteiger partial charge in [-0.3, -0.25) is 9.79 Å². The quantitative estimate of drug-likeness (QED) is 0.827. The maximum Gasteiger partial charge on any atom is 0.274 e. The Morgan fingerprint density at radius 2 is 2.22 bits per heavy atom. The second kappa shape index (κ2) is 6.96. The molecule has 1 aromatic heterocycles. The summed E-state index contributed by atoms with van der Waals surface area (Å²) in [6.45, 7) is 2.14. The van der Waals surface area contributed by atoms with Crippen molar-refractivity contribution < 1.29 is 9.18 Å². The monoisotopic (exact) mass is 384 g/mol. The molecule has 2 atom stereocenters. The molecule has 1 aliphatic heterocycles. The number of carbonyl (C=O) groups excluding carboxylic acids is 1. The number of aliphatic imine (C=N–C) groups is 1. The average Bonchev–Trinajstić information content (AvgIpc) is 2.78. The van der Waals surface area contributed by atoms with Crippen LogP contribution in [0.4, 0.5) is 10.1 Å². The highest BCUT2D eigenvalue weighted by Gasteiger charge is 2.41. The van der Waals surface area contributed by atoms with Crippen LogP contribution in [0.3, 0.4) is 0 Å². The number of thioether (sulfide) groups is 1. The third kappa shape index (κ3) is 3.43. The predicted octanol–water partition coefficient (Wildman–Crippen LogP) is 3.70. The highest BCUT2D eigenvalue weighted by atomic mass is 32.2. The van der Waals surface area contributed by atoms with Gasteiger partial charge < -0.3 is 11.1 Å². The zero-order valence-electron chi connectivity index (χ0n) is 15.0. The van der Waals surface area contributed by atoms with Gasteiger partial charge in [-0.15, -0.1) is 0 Å². The van der Waals surface area contributed by atoms with Crippen LogP contribution in [0.25, 0.3) is 0 Å². The zero-order valence-corrected chi connectivity index (χ0v) is 15.9. The van der Waals surface area contributed by atoms with Crippen molar-refractivity contribution >= 4 is 28.5 Å². The van der Waals surface area contributed by atoms with E-state index >= 15 is 0 Å². The molecule has 7 heteroatoms. The number of aromatic nitrogens is 1. The van der Waals surface area contributed by atoms with Crippen LogP contribution >= 0.6 is 11.8 Å². The van der Waals surface area contributed by atoms with E-state index in [-0.39, 0.29) is 17.1 Å². The number of benzene rings is 1. The highest BCUT2D eigenvalue weighted by molar-refractivity contribution is 8.13. The molecular formula is C20H21FN4OS. The number of carbonyl (C=O) groups is 1. The van der Waals surface area contributed by atoms with Crippen molar-refractivity contribution in [2.75, 3.05) is 11.1 Å². The van der Waals surface area contributed by atoms with E-state index in [1.54, 1.807) is 11.8 Å². The molecule has 0 spiro atoms. The molecule has 2 aliphatic rings.